The standard InChI is InChI=1S/C21H23N3O2S3/c1-26-15-6-8-16(9-7-15)28-14-19(25)23-10-12-24(13-11-23)21-22-20-17(27-2)4-3-5-18(20)29-21/h3-9H,10-14H2,1-2H3. The van der Waals surface area contributed by atoms with E-state index in [9.17, 15) is 4.79 Å². The molecule has 0 unspecified atom stereocenters. The first-order chi connectivity index (χ1) is 14.2. The van der Waals surface area contributed by atoms with Gasteiger partial charge in [0.25, 0.3) is 0 Å². The van der Waals surface area contributed by atoms with E-state index in [1.54, 1.807) is 42.0 Å². The van der Waals surface area contributed by atoms with Crippen LogP contribution < -0.4 is 9.64 Å². The van der Waals surface area contributed by atoms with Gasteiger partial charge in [0, 0.05) is 36.0 Å². The number of hydrogen-bond acceptors (Lipinski definition) is 7. The Balaban J connectivity index is 1.32. The highest BCUT2D eigenvalue weighted by Crippen LogP contribution is 2.34. The maximum absolute atomic E-state index is 12.6. The van der Waals surface area contributed by atoms with Crippen molar-refractivity contribution in [3.63, 3.8) is 0 Å². The molecule has 152 valence electrons. The summed E-state index contributed by atoms with van der Waals surface area (Å²) in [4.78, 5) is 24.0. The average Bonchev–Trinajstić information content (AvgIpc) is 3.22. The Hall–Kier alpha value is -1.90. The summed E-state index contributed by atoms with van der Waals surface area (Å²) in [6.07, 6.45) is 2.09. The molecule has 0 radical (unpaired) electrons. The zero-order valence-electron chi connectivity index (χ0n) is 16.5. The van der Waals surface area contributed by atoms with E-state index in [2.05, 4.69) is 29.4 Å². The quantitative estimate of drug-likeness (QED) is 0.522. The molecule has 0 N–H and O–H groups in total. The van der Waals surface area contributed by atoms with Gasteiger partial charge in [-0.25, -0.2) is 4.98 Å². The lowest BCUT2D eigenvalue weighted by molar-refractivity contribution is -0.128. The van der Waals surface area contributed by atoms with Crippen LogP contribution in [0.1, 0.15) is 0 Å². The van der Waals surface area contributed by atoms with E-state index in [4.69, 9.17) is 9.72 Å². The van der Waals surface area contributed by atoms with Crippen LogP contribution in [0.5, 0.6) is 5.75 Å². The number of anilines is 1. The molecule has 8 heteroatoms. The van der Waals surface area contributed by atoms with Gasteiger partial charge in [-0.15, -0.1) is 23.5 Å². The molecule has 0 aliphatic carbocycles. The minimum atomic E-state index is 0.194. The Bertz CT molecular complexity index is 983. The Labute approximate surface area is 183 Å². The number of thiazole rings is 1. The molecule has 1 fully saturated rings. The van der Waals surface area contributed by atoms with Gasteiger partial charge in [-0.1, -0.05) is 17.4 Å². The van der Waals surface area contributed by atoms with Gasteiger partial charge in [0.2, 0.25) is 5.91 Å². The molecule has 0 saturated carbocycles. The number of amides is 1. The molecule has 1 aromatic heterocycles. The zero-order valence-corrected chi connectivity index (χ0v) is 18.9. The molecular formula is C21H23N3O2S3. The first-order valence-corrected chi connectivity index (χ1v) is 12.4. The number of methoxy groups -OCH3 is 1. The van der Waals surface area contributed by atoms with Crippen LogP contribution >= 0.6 is 34.9 Å². The third kappa shape index (κ3) is 4.65. The average molecular weight is 446 g/mol. The third-order valence-electron chi connectivity index (χ3n) is 4.92. The fourth-order valence-electron chi connectivity index (χ4n) is 3.27. The molecule has 0 spiro atoms. The van der Waals surface area contributed by atoms with Crippen LogP contribution in [0.4, 0.5) is 5.13 Å². The van der Waals surface area contributed by atoms with Crippen molar-refractivity contribution in [3.8, 4) is 5.75 Å². The number of hydrogen-bond donors (Lipinski definition) is 0. The smallest absolute Gasteiger partial charge is 0.233 e. The SMILES string of the molecule is COc1ccc(SCC(=O)N2CCN(c3nc4c(SC)cccc4s3)CC2)cc1. The van der Waals surface area contributed by atoms with Crippen molar-refractivity contribution in [2.75, 3.05) is 50.2 Å². The lowest BCUT2D eigenvalue weighted by atomic mass is 10.3. The molecule has 1 aliphatic heterocycles. The number of rotatable bonds is 6. The Morgan fingerprint density at radius 3 is 2.59 bits per heavy atom. The predicted octanol–water partition coefficient (Wildman–Crippen LogP) is 4.47. The second-order valence-corrected chi connectivity index (χ2v) is 9.54. The number of fused-ring (bicyclic) bond motifs is 1. The minimum Gasteiger partial charge on any atom is -0.497 e. The fraction of sp³-hybridized carbons (Fsp3) is 0.333. The summed E-state index contributed by atoms with van der Waals surface area (Å²) in [5, 5.41) is 1.06. The number of piperazine rings is 1. The summed E-state index contributed by atoms with van der Waals surface area (Å²) in [6, 6.07) is 14.2. The summed E-state index contributed by atoms with van der Waals surface area (Å²) >= 11 is 5.04. The van der Waals surface area contributed by atoms with E-state index in [0.717, 1.165) is 47.5 Å². The second kappa shape index (κ2) is 9.28. The summed E-state index contributed by atoms with van der Waals surface area (Å²) in [5.41, 5.74) is 1.09. The van der Waals surface area contributed by atoms with E-state index in [1.165, 1.54) is 9.60 Å². The highest BCUT2D eigenvalue weighted by Gasteiger charge is 2.23. The van der Waals surface area contributed by atoms with E-state index in [1.807, 2.05) is 29.2 Å². The number of benzene rings is 2. The van der Waals surface area contributed by atoms with Crippen molar-refractivity contribution < 1.29 is 9.53 Å². The molecule has 1 amide bonds. The van der Waals surface area contributed by atoms with Crippen LogP contribution in [-0.4, -0.2) is 61.1 Å². The Morgan fingerprint density at radius 2 is 1.90 bits per heavy atom. The molecule has 2 heterocycles. The third-order valence-corrected chi connectivity index (χ3v) is 7.76. The van der Waals surface area contributed by atoms with Gasteiger partial charge in [0.15, 0.2) is 5.13 Å². The molecule has 29 heavy (non-hydrogen) atoms. The van der Waals surface area contributed by atoms with Gasteiger partial charge < -0.3 is 14.5 Å². The van der Waals surface area contributed by atoms with Crippen LogP contribution in [0.15, 0.2) is 52.3 Å². The highest BCUT2D eigenvalue weighted by molar-refractivity contribution is 8.00. The van der Waals surface area contributed by atoms with Crippen LogP contribution in [0.2, 0.25) is 0 Å². The number of carbonyl (C=O) groups is 1. The zero-order chi connectivity index (χ0) is 20.2. The first-order valence-electron chi connectivity index (χ1n) is 9.41. The van der Waals surface area contributed by atoms with Crippen molar-refractivity contribution in [2.24, 2.45) is 0 Å². The minimum absolute atomic E-state index is 0.194. The first kappa shape index (κ1) is 20.4. The van der Waals surface area contributed by atoms with Crippen molar-refractivity contribution in [1.82, 2.24) is 9.88 Å². The number of nitrogens with zero attached hydrogens (tertiary/aromatic N) is 3. The summed E-state index contributed by atoms with van der Waals surface area (Å²) in [7, 11) is 1.65. The maximum Gasteiger partial charge on any atom is 0.233 e. The van der Waals surface area contributed by atoms with Crippen molar-refractivity contribution in [2.45, 2.75) is 9.79 Å². The topological polar surface area (TPSA) is 45.7 Å². The van der Waals surface area contributed by atoms with Crippen LogP contribution in [0, 0.1) is 0 Å². The molecule has 0 bridgehead atoms. The van der Waals surface area contributed by atoms with E-state index in [-0.39, 0.29) is 5.91 Å². The maximum atomic E-state index is 12.6. The molecule has 2 aromatic carbocycles. The number of para-hydroxylation sites is 1. The number of aromatic nitrogens is 1. The largest absolute Gasteiger partial charge is 0.497 e. The van der Waals surface area contributed by atoms with Crippen molar-refractivity contribution in [1.29, 1.82) is 0 Å². The summed E-state index contributed by atoms with van der Waals surface area (Å²) in [6.45, 7) is 3.14. The lowest BCUT2D eigenvalue weighted by Crippen LogP contribution is -2.49. The van der Waals surface area contributed by atoms with Gasteiger partial charge in [-0.2, -0.15) is 0 Å². The fourth-order valence-corrected chi connectivity index (χ4v) is 5.74. The number of carbonyl (C=O) groups excluding carboxylic acids is 1. The van der Waals surface area contributed by atoms with E-state index >= 15 is 0 Å². The monoisotopic (exact) mass is 445 g/mol. The van der Waals surface area contributed by atoms with Crippen LogP contribution in [0.25, 0.3) is 10.2 Å². The van der Waals surface area contributed by atoms with Gasteiger partial charge >= 0.3 is 0 Å². The molecule has 1 aliphatic rings. The summed E-state index contributed by atoms with van der Waals surface area (Å²) in [5.74, 6) is 1.49. The molecule has 1 saturated heterocycles. The number of ether oxygens (including phenoxy) is 1. The molecule has 3 aromatic rings. The molecule has 4 rings (SSSR count). The van der Waals surface area contributed by atoms with Crippen LogP contribution in [0.3, 0.4) is 0 Å². The highest BCUT2D eigenvalue weighted by atomic mass is 32.2. The summed E-state index contributed by atoms with van der Waals surface area (Å²) < 4.78 is 6.40. The normalized spacial score (nSPS) is 14.4. The lowest BCUT2D eigenvalue weighted by Gasteiger charge is -2.34. The van der Waals surface area contributed by atoms with Crippen LogP contribution in [-0.2, 0) is 4.79 Å². The molecular weight excluding hydrogens is 422 g/mol. The number of thioether (sulfide) groups is 2. The van der Waals surface area contributed by atoms with Gasteiger partial charge in [0.1, 0.15) is 5.75 Å². The van der Waals surface area contributed by atoms with Gasteiger partial charge in [-0.05, 0) is 42.7 Å². The Morgan fingerprint density at radius 1 is 1.14 bits per heavy atom. The van der Waals surface area contributed by atoms with E-state index < -0.39 is 0 Å². The van der Waals surface area contributed by atoms with E-state index in [0.29, 0.717) is 5.75 Å². The predicted molar refractivity (Wildman–Crippen MR) is 124 cm³/mol. The Kier molecular flexibility index (Phi) is 6.52. The van der Waals surface area contributed by atoms with Crippen molar-refractivity contribution in [3.05, 3.63) is 42.5 Å². The second-order valence-electron chi connectivity index (χ2n) is 6.64. The molecule has 0 atom stereocenters. The van der Waals surface area contributed by atoms with Crippen molar-refractivity contribution >= 4 is 56.1 Å². The molecule has 5 nitrogen and oxygen atoms in total. The van der Waals surface area contributed by atoms with Gasteiger partial charge in [0.05, 0.1) is 23.1 Å². The van der Waals surface area contributed by atoms with Gasteiger partial charge in [-0.3, -0.25) is 4.79 Å².